The highest BCUT2D eigenvalue weighted by atomic mass is 16.1. The molecule has 1 aromatic rings. The van der Waals surface area contributed by atoms with E-state index in [0.29, 0.717) is 5.56 Å². The number of Topliss-reactive ketones (excluding diaryl/α,β-unsaturated/α-hetero) is 1. The first-order valence-electron chi connectivity index (χ1n) is 5.91. The van der Waals surface area contributed by atoms with E-state index in [1.54, 1.807) is 13.1 Å². The molecule has 0 aliphatic heterocycles. The minimum Gasteiger partial charge on any atom is -0.357 e. The number of hydrogen-bond acceptors (Lipinski definition) is 3. The van der Waals surface area contributed by atoms with E-state index in [-0.39, 0.29) is 5.78 Å². The molecule has 1 rings (SSSR count). The van der Waals surface area contributed by atoms with Gasteiger partial charge in [0.25, 0.3) is 0 Å². The van der Waals surface area contributed by atoms with E-state index in [9.17, 15) is 4.79 Å². The number of aromatic nitrogens is 1. The summed E-state index contributed by atoms with van der Waals surface area (Å²) in [7, 11) is 0. The van der Waals surface area contributed by atoms with Gasteiger partial charge in [-0.05, 0) is 31.9 Å². The number of carbonyl (C=O) groups excluding carboxylic acids is 1. The predicted molar refractivity (Wildman–Crippen MR) is 67.0 cm³/mol. The molecule has 0 amide bonds. The minimum atomic E-state index is 0.0663. The van der Waals surface area contributed by atoms with Crippen LogP contribution >= 0.6 is 0 Å². The fourth-order valence-electron chi connectivity index (χ4n) is 1.66. The SMILES string of the molecule is CCCN(CCC)c1ccc(C(C)=O)cn1. The third-order valence-corrected chi connectivity index (χ3v) is 2.47. The highest BCUT2D eigenvalue weighted by Gasteiger charge is 2.06. The first kappa shape index (κ1) is 12.7. The molecular formula is C13H20N2O. The summed E-state index contributed by atoms with van der Waals surface area (Å²) in [6.45, 7) is 7.91. The van der Waals surface area contributed by atoms with Crippen LogP contribution < -0.4 is 4.90 Å². The number of pyridine rings is 1. The Hall–Kier alpha value is -1.38. The van der Waals surface area contributed by atoms with Gasteiger partial charge in [0, 0.05) is 24.8 Å². The molecule has 0 N–H and O–H groups in total. The van der Waals surface area contributed by atoms with Crippen LogP contribution in [0.4, 0.5) is 5.82 Å². The average molecular weight is 220 g/mol. The Morgan fingerprint density at radius 1 is 1.25 bits per heavy atom. The van der Waals surface area contributed by atoms with E-state index in [1.807, 2.05) is 12.1 Å². The van der Waals surface area contributed by atoms with Gasteiger partial charge < -0.3 is 4.90 Å². The number of anilines is 1. The second-order valence-corrected chi connectivity index (χ2v) is 3.95. The van der Waals surface area contributed by atoms with Crippen molar-refractivity contribution >= 4 is 11.6 Å². The summed E-state index contributed by atoms with van der Waals surface area (Å²) in [6, 6.07) is 3.78. The second kappa shape index (κ2) is 6.26. The lowest BCUT2D eigenvalue weighted by Crippen LogP contribution is -2.25. The summed E-state index contributed by atoms with van der Waals surface area (Å²) in [6.07, 6.45) is 3.88. The number of ketones is 1. The Bertz CT molecular complexity index is 326. The predicted octanol–water partition coefficient (Wildman–Crippen LogP) is 2.91. The van der Waals surface area contributed by atoms with Crippen molar-refractivity contribution in [1.82, 2.24) is 4.98 Å². The number of carbonyl (C=O) groups is 1. The largest absolute Gasteiger partial charge is 0.357 e. The maximum atomic E-state index is 11.1. The van der Waals surface area contributed by atoms with Gasteiger partial charge in [-0.3, -0.25) is 4.79 Å². The summed E-state index contributed by atoms with van der Waals surface area (Å²) in [5.41, 5.74) is 0.677. The van der Waals surface area contributed by atoms with Crippen molar-refractivity contribution in [2.45, 2.75) is 33.6 Å². The molecule has 16 heavy (non-hydrogen) atoms. The van der Waals surface area contributed by atoms with Gasteiger partial charge in [0.2, 0.25) is 0 Å². The van der Waals surface area contributed by atoms with Crippen LogP contribution in [0.3, 0.4) is 0 Å². The fraction of sp³-hybridized carbons (Fsp3) is 0.538. The van der Waals surface area contributed by atoms with E-state index in [4.69, 9.17) is 0 Å². The van der Waals surface area contributed by atoms with E-state index in [1.165, 1.54) is 0 Å². The molecule has 1 aromatic heterocycles. The zero-order chi connectivity index (χ0) is 12.0. The van der Waals surface area contributed by atoms with Crippen molar-refractivity contribution in [2.24, 2.45) is 0 Å². The van der Waals surface area contributed by atoms with E-state index < -0.39 is 0 Å². The lowest BCUT2D eigenvalue weighted by atomic mass is 10.2. The van der Waals surface area contributed by atoms with Gasteiger partial charge in [-0.15, -0.1) is 0 Å². The first-order valence-corrected chi connectivity index (χ1v) is 5.91. The van der Waals surface area contributed by atoms with Crippen LogP contribution in [-0.4, -0.2) is 23.9 Å². The monoisotopic (exact) mass is 220 g/mol. The molecule has 0 bridgehead atoms. The van der Waals surface area contributed by atoms with Crippen molar-refractivity contribution in [1.29, 1.82) is 0 Å². The Morgan fingerprint density at radius 3 is 2.25 bits per heavy atom. The third-order valence-electron chi connectivity index (χ3n) is 2.47. The van der Waals surface area contributed by atoms with E-state index in [2.05, 4.69) is 23.7 Å². The van der Waals surface area contributed by atoms with Gasteiger partial charge >= 0.3 is 0 Å². The molecule has 3 heteroatoms. The van der Waals surface area contributed by atoms with Crippen molar-refractivity contribution in [2.75, 3.05) is 18.0 Å². The summed E-state index contributed by atoms with van der Waals surface area (Å²) in [5.74, 6) is 1.03. The zero-order valence-corrected chi connectivity index (χ0v) is 10.4. The van der Waals surface area contributed by atoms with Crippen LogP contribution in [0, 0.1) is 0 Å². The lowest BCUT2D eigenvalue weighted by Gasteiger charge is -2.22. The topological polar surface area (TPSA) is 33.2 Å². The summed E-state index contributed by atoms with van der Waals surface area (Å²) >= 11 is 0. The average Bonchev–Trinajstić information content (AvgIpc) is 2.29. The standard InChI is InChI=1S/C13H20N2O/c1-4-8-15(9-5-2)13-7-6-12(10-14-13)11(3)16/h6-7,10H,4-5,8-9H2,1-3H3. The molecule has 0 fully saturated rings. The van der Waals surface area contributed by atoms with Crippen molar-refractivity contribution < 1.29 is 4.79 Å². The third kappa shape index (κ3) is 3.33. The summed E-state index contributed by atoms with van der Waals surface area (Å²) in [5, 5.41) is 0. The molecule has 0 unspecified atom stereocenters. The van der Waals surface area contributed by atoms with Crippen LogP contribution in [-0.2, 0) is 0 Å². The zero-order valence-electron chi connectivity index (χ0n) is 10.4. The van der Waals surface area contributed by atoms with Crippen LogP contribution in [0.2, 0.25) is 0 Å². The second-order valence-electron chi connectivity index (χ2n) is 3.95. The molecule has 0 aromatic carbocycles. The van der Waals surface area contributed by atoms with Crippen LogP contribution in [0.5, 0.6) is 0 Å². The Labute approximate surface area is 97.5 Å². The van der Waals surface area contributed by atoms with Crippen molar-refractivity contribution in [3.05, 3.63) is 23.9 Å². The molecule has 0 atom stereocenters. The molecular weight excluding hydrogens is 200 g/mol. The van der Waals surface area contributed by atoms with Crippen molar-refractivity contribution in [3.8, 4) is 0 Å². The van der Waals surface area contributed by atoms with Crippen molar-refractivity contribution in [3.63, 3.8) is 0 Å². The smallest absolute Gasteiger partial charge is 0.161 e. The quantitative estimate of drug-likeness (QED) is 0.691. The highest BCUT2D eigenvalue weighted by Crippen LogP contribution is 2.12. The Balaban J connectivity index is 2.80. The molecule has 0 aliphatic carbocycles. The number of rotatable bonds is 6. The first-order chi connectivity index (χ1) is 7.69. The summed E-state index contributed by atoms with van der Waals surface area (Å²) in [4.78, 5) is 17.7. The van der Waals surface area contributed by atoms with Gasteiger partial charge in [-0.2, -0.15) is 0 Å². The highest BCUT2D eigenvalue weighted by molar-refractivity contribution is 5.93. The molecule has 88 valence electrons. The van der Waals surface area contributed by atoms with Gasteiger partial charge in [-0.25, -0.2) is 4.98 Å². The van der Waals surface area contributed by atoms with Gasteiger partial charge in [0.1, 0.15) is 5.82 Å². The van der Waals surface area contributed by atoms with E-state index in [0.717, 1.165) is 31.7 Å². The Kier molecular flexibility index (Phi) is 4.96. The maximum absolute atomic E-state index is 11.1. The fourth-order valence-corrected chi connectivity index (χ4v) is 1.66. The van der Waals surface area contributed by atoms with Gasteiger partial charge in [-0.1, -0.05) is 13.8 Å². The number of hydrogen-bond donors (Lipinski definition) is 0. The molecule has 3 nitrogen and oxygen atoms in total. The summed E-state index contributed by atoms with van der Waals surface area (Å²) < 4.78 is 0. The molecule has 1 heterocycles. The van der Waals surface area contributed by atoms with E-state index >= 15 is 0 Å². The lowest BCUT2D eigenvalue weighted by molar-refractivity contribution is 0.101. The van der Waals surface area contributed by atoms with Crippen LogP contribution in [0.15, 0.2) is 18.3 Å². The van der Waals surface area contributed by atoms with Gasteiger partial charge in [0.05, 0.1) is 0 Å². The van der Waals surface area contributed by atoms with Crippen LogP contribution in [0.1, 0.15) is 44.0 Å². The van der Waals surface area contributed by atoms with Crippen LogP contribution in [0.25, 0.3) is 0 Å². The Morgan fingerprint density at radius 2 is 1.88 bits per heavy atom. The maximum Gasteiger partial charge on any atom is 0.161 e. The molecule has 0 spiro atoms. The minimum absolute atomic E-state index is 0.0663. The molecule has 0 saturated carbocycles. The molecule has 0 radical (unpaired) electrons. The normalized spacial score (nSPS) is 10.2. The number of nitrogens with zero attached hydrogens (tertiary/aromatic N) is 2. The molecule has 0 saturated heterocycles. The molecule has 0 aliphatic rings. The van der Waals surface area contributed by atoms with Gasteiger partial charge in [0.15, 0.2) is 5.78 Å².